The van der Waals surface area contributed by atoms with Crippen LogP contribution in [0.15, 0.2) is 28.7 Å². The van der Waals surface area contributed by atoms with Crippen molar-refractivity contribution in [2.75, 3.05) is 6.54 Å². The summed E-state index contributed by atoms with van der Waals surface area (Å²) in [4.78, 5) is 0. The second-order valence-electron chi connectivity index (χ2n) is 6.80. The Morgan fingerprint density at radius 3 is 2.25 bits per heavy atom. The molecule has 20 heavy (non-hydrogen) atoms. The number of benzene rings is 1. The Labute approximate surface area is 133 Å². The predicted octanol–water partition coefficient (Wildman–Crippen LogP) is 5.43. The van der Waals surface area contributed by atoms with Gasteiger partial charge in [0.2, 0.25) is 0 Å². The average molecular weight is 340 g/mol. The zero-order chi connectivity index (χ0) is 15.2. The van der Waals surface area contributed by atoms with Gasteiger partial charge in [-0.2, -0.15) is 0 Å². The summed E-state index contributed by atoms with van der Waals surface area (Å²) in [6, 6.07) is 8.74. The van der Waals surface area contributed by atoms with Crippen molar-refractivity contribution < 1.29 is 0 Å². The molecular formula is C18H30BrN. The highest BCUT2D eigenvalue weighted by molar-refractivity contribution is 9.10. The molecule has 1 nitrogen and oxygen atoms in total. The summed E-state index contributed by atoms with van der Waals surface area (Å²) in [6.07, 6.45) is 3.69. The van der Waals surface area contributed by atoms with Crippen LogP contribution in [0.2, 0.25) is 0 Å². The van der Waals surface area contributed by atoms with Crippen LogP contribution in [-0.4, -0.2) is 12.1 Å². The smallest absolute Gasteiger partial charge is 0.0177 e. The molecule has 1 atom stereocenters. The molecule has 0 spiro atoms. The van der Waals surface area contributed by atoms with Crippen LogP contribution in [0.4, 0.5) is 0 Å². The van der Waals surface area contributed by atoms with Crippen molar-refractivity contribution in [3.63, 3.8) is 0 Å². The van der Waals surface area contributed by atoms with Crippen LogP contribution in [0.25, 0.3) is 0 Å². The fraction of sp³-hybridized carbons (Fsp3) is 0.667. The summed E-state index contributed by atoms with van der Waals surface area (Å²) in [5.74, 6) is 1.50. The van der Waals surface area contributed by atoms with E-state index in [1.807, 2.05) is 0 Å². The molecule has 0 heterocycles. The van der Waals surface area contributed by atoms with Gasteiger partial charge in [-0.15, -0.1) is 0 Å². The molecule has 1 aromatic rings. The van der Waals surface area contributed by atoms with E-state index in [0.29, 0.717) is 5.92 Å². The molecule has 0 aliphatic carbocycles. The molecule has 0 aromatic heterocycles. The first kappa shape index (κ1) is 17.7. The molecule has 0 saturated carbocycles. The van der Waals surface area contributed by atoms with E-state index in [4.69, 9.17) is 0 Å². The number of hydrogen-bond acceptors (Lipinski definition) is 1. The van der Waals surface area contributed by atoms with Crippen LogP contribution in [0.5, 0.6) is 0 Å². The van der Waals surface area contributed by atoms with Gasteiger partial charge in [0.1, 0.15) is 0 Å². The van der Waals surface area contributed by atoms with Crippen molar-refractivity contribution in [2.24, 2.45) is 11.8 Å². The molecule has 114 valence electrons. The van der Waals surface area contributed by atoms with Gasteiger partial charge in [-0.3, -0.25) is 0 Å². The quantitative estimate of drug-likeness (QED) is 0.698. The minimum Gasteiger partial charge on any atom is -0.312 e. The van der Waals surface area contributed by atoms with E-state index >= 15 is 0 Å². The van der Waals surface area contributed by atoms with Crippen molar-refractivity contribution in [1.82, 2.24) is 5.32 Å². The predicted molar refractivity (Wildman–Crippen MR) is 93.2 cm³/mol. The number of halogens is 1. The lowest BCUT2D eigenvalue weighted by Gasteiger charge is -2.30. The molecule has 0 amide bonds. The normalized spacial score (nSPS) is 13.8. The van der Waals surface area contributed by atoms with Crippen LogP contribution < -0.4 is 5.32 Å². The Morgan fingerprint density at radius 2 is 1.75 bits per heavy atom. The van der Waals surface area contributed by atoms with Gasteiger partial charge >= 0.3 is 0 Å². The summed E-state index contributed by atoms with van der Waals surface area (Å²) in [7, 11) is 0. The largest absolute Gasteiger partial charge is 0.312 e. The van der Waals surface area contributed by atoms with Gasteiger partial charge < -0.3 is 5.32 Å². The fourth-order valence-corrected chi connectivity index (χ4v) is 3.21. The Bertz CT molecular complexity index is 391. The van der Waals surface area contributed by atoms with Gasteiger partial charge in [-0.25, -0.2) is 0 Å². The van der Waals surface area contributed by atoms with Gasteiger partial charge in [0.25, 0.3) is 0 Å². The molecule has 1 unspecified atom stereocenters. The summed E-state index contributed by atoms with van der Waals surface area (Å²) in [5, 5.41) is 3.69. The SMILES string of the molecule is CCC(CC)C(CNC(C)(C)C)Cc1cccc(Br)c1. The Hall–Kier alpha value is -0.340. The summed E-state index contributed by atoms with van der Waals surface area (Å²) in [5.41, 5.74) is 1.63. The van der Waals surface area contributed by atoms with E-state index in [1.165, 1.54) is 22.9 Å². The zero-order valence-corrected chi connectivity index (χ0v) is 15.3. The standard InChI is InChI=1S/C18H30BrN/c1-6-15(7-2)16(13-20-18(3,4)5)11-14-9-8-10-17(19)12-14/h8-10,12,15-16,20H,6-7,11,13H2,1-5H3. The van der Waals surface area contributed by atoms with Gasteiger partial charge in [0.05, 0.1) is 0 Å². The maximum absolute atomic E-state index is 3.69. The Kier molecular flexibility index (Phi) is 7.25. The molecular weight excluding hydrogens is 310 g/mol. The fourth-order valence-electron chi connectivity index (χ4n) is 2.76. The monoisotopic (exact) mass is 339 g/mol. The van der Waals surface area contributed by atoms with Gasteiger partial charge in [-0.1, -0.05) is 54.8 Å². The van der Waals surface area contributed by atoms with Gasteiger partial charge in [0.15, 0.2) is 0 Å². The molecule has 1 N–H and O–H groups in total. The molecule has 0 aliphatic heterocycles. The van der Waals surface area contributed by atoms with Crippen molar-refractivity contribution in [2.45, 2.75) is 59.4 Å². The van der Waals surface area contributed by atoms with Gasteiger partial charge in [0, 0.05) is 10.0 Å². The first-order valence-corrected chi connectivity index (χ1v) is 8.64. The number of nitrogens with one attached hydrogen (secondary N) is 1. The minimum atomic E-state index is 0.196. The molecule has 1 aromatic carbocycles. The lowest BCUT2D eigenvalue weighted by atomic mass is 9.83. The first-order valence-electron chi connectivity index (χ1n) is 7.85. The highest BCUT2D eigenvalue weighted by Gasteiger charge is 2.21. The lowest BCUT2D eigenvalue weighted by Crippen LogP contribution is -2.41. The number of rotatable bonds is 7. The first-order chi connectivity index (χ1) is 9.35. The van der Waals surface area contributed by atoms with Crippen LogP contribution in [0.3, 0.4) is 0 Å². The lowest BCUT2D eigenvalue weighted by molar-refractivity contribution is 0.270. The zero-order valence-electron chi connectivity index (χ0n) is 13.7. The Balaban J connectivity index is 2.76. The molecule has 1 rings (SSSR count). The Morgan fingerprint density at radius 1 is 1.10 bits per heavy atom. The molecule has 0 bridgehead atoms. The van der Waals surface area contributed by atoms with Crippen LogP contribution in [-0.2, 0) is 6.42 Å². The van der Waals surface area contributed by atoms with E-state index in [2.05, 4.69) is 80.1 Å². The minimum absolute atomic E-state index is 0.196. The van der Waals surface area contributed by atoms with Crippen molar-refractivity contribution in [3.8, 4) is 0 Å². The topological polar surface area (TPSA) is 12.0 Å². The molecule has 0 saturated heterocycles. The van der Waals surface area contributed by atoms with E-state index in [-0.39, 0.29) is 5.54 Å². The third-order valence-corrected chi connectivity index (χ3v) is 4.49. The van der Waals surface area contributed by atoms with Crippen molar-refractivity contribution in [1.29, 1.82) is 0 Å². The number of hydrogen-bond donors (Lipinski definition) is 1. The maximum atomic E-state index is 3.69. The van der Waals surface area contributed by atoms with Crippen molar-refractivity contribution >= 4 is 15.9 Å². The van der Waals surface area contributed by atoms with E-state index in [0.717, 1.165) is 18.9 Å². The van der Waals surface area contributed by atoms with E-state index in [9.17, 15) is 0 Å². The highest BCUT2D eigenvalue weighted by Crippen LogP contribution is 2.25. The molecule has 0 aliphatic rings. The highest BCUT2D eigenvalue weighted by atomic mass is 79.9. The second-order valence-corrected chi connectivity index (χ2v) is 7.72. The van der Waals surface area contributed by atoms with E-state index < -0.39 is 0 Å². The summed E-state index contributed by atoms with van der Waals surface area (Å²) >= 11 is 3.58. The van der Waals surface area contributed by atoms with Gasteiger partial charge in [-0.05, 0) is 63.3 Å². The molecule has 0 fully saturated rings. The van der Waals surface area contributed by atoms with Crippen molar-refractivity contribution in [3.05, 3.63) is 34.3 Å². The third-order valence-electron chi connectivity index (χ3n) is 4.00. The van der Waals surface area contributed by atoms with Crippen LogP contribution in [0, 0.1) is 11.8 Å². The van der Waals surface area contributed by atoms with E-state index in [1.54, 1.807) is 0 Å². The maximum Gasteiger partial charge on any atom is 0.0177 e. The second kappa shape index (κ2) is 8.19. The summed E-state index contributed by atoms with van der Waals surface area (Å²) in [6.45, 7) is 12.5. The van der Waals surface area contributed by atoms with Crippen LogP contribution in [0.1, 0.15) is 53.0 Å². The average Bonchev–Trinajstić information content (AvgIpc) is 2.36. The third kappa shape index (κ3) is 6.41. The van der Waals surface area contributed by atoms with Crippen LogP contribution >= 0.6 is 15.9 Å². The molecule has 2 heteroatoms. The summed E-state index contributed by atoms with van der Waals surface area (Å²) < 4.78 is 1.18. The molecule has 0 radical (unpaired) electrons.